The summed E-state index contributed by atoms with van der Waals surface area (Å²) in [6.07, 6.45) is 5.67. The van der Waals surface area contributed by atoms with Gasteiger partial charge in [0.05, 0.1) is 5.92 Å². The Balaban J connectivity index is 1.86. The molecule has 1 heterocycles. The summed E-state index contributed by atoms with van der Waals surface area (Å²) in [5, 5.41) is 9.00. The Morgan fingerprint density at radius 2 is 1.76 bits per heavy atom. The minimum absolute atomic E-state index is 0.0935. The number of aliphatic carboxylic acids is 1. The maximum absolute atomic E-state index is 10.9. The van der Waals surface area contributed by atoms with Crippen molar-refractivity contribution in [2.24, 2.45) is 17.8 Å². The molecule has 1 saturated carbocycles. The highest BCUT2D eigenvalue weighted by molar-refractivity contribution is 5.70. The number of rotatable bonds is 2. The molecule has 17 heavy (non-hydrogen) atoms. The Morgan fingerprint density at radius 3 is 2.29 bits per heavy atom. The number of likely N-dealkylation sites (tertiary alicyclic amines) is 1. The van der Waals surface area contributed by atoms with Crippen LogP contribution in [0.15, 0.2) is 0 Å². The second-order valence-corrected chi connectivity index (χ2v) is 6.11. The molecule has 1 N–H and O–H groups in total. The first kappa shape index (κ1) is 12.9. The van der Waals surface area contributed by atoms with E-state index in [0.717, 1.165) is 37.8 Å². The molecule has 1 aliphatic carbocycles. The van der Waals surface area contributed by atoms with Crippen LogP contribution < -0.4 is 0 Å². The smallest absolute Gasteiger partial charge is 0.306 e. The van der Waals surface area contributed by atoms with Gasteiger partial charge in [-0.15, -0.1) is 0 Å². The molecule has 0 spiro atoms. The lowest BCUT2D eigenvalue weighted by Crippen LogP contribution is -2.47. The molecule has 2 aliphatic rings. The molecule has 3 heteroatoms. The van der Waals surface area contributed by atoms with Crippen molar-refractivity contribution in [1.82, 2.24) is 4.90 Å². The fourth-order valence-corrected chi connectivity index (χ4v) is 3.67. The fourth-order valence-electron chi connectivity index (χ4n) is 3.67. The van der Waals surface area contributed by atoms with E-state index in [0.29, 0.717) is 6.04 Å². The molecule has 3 unspecified atom stereocenters. The average Bonchev–Trinajstić information content (AvgIpc) is 2.29. The minimum Gasteiger partial charge on any atom is -0.481 e. The molecule has 1 aliphatic heterocycles. The molecular formula is C14H25NO2. The van der Waals surface area contributed by atoms with Crippen molar-refractivity contribution < 1.29 is 9.90 Å². The van der Waals surface area contributed by atoms with Gasteiger partial charge in [-0.05, 0) is 57.0 Å². The van der Waals surface area contributed by atoms with Gasteiger partial charge in [0.15, 0.2) is 0 Å². The van der Waals surface area contributed by atoms with Crippen molar-refractivity contribution in [3.8, 4) is 0 Å². The van der Waals surface area contributed by atoms with E-state index in [1.165, 1.54) is 19.3 Å². The van der Waals surface area contributed by atoms with E-state index < -0.39 is 5.97 Å². The number of piperidine rings is 1. The molecule has 0 radical (unpaired) electrons. The van der Waals surface area contributed by atoms with E-state index >= 15 is 0 Å². The predicted octanol–water partition coefficient (Wildman–Crippen LogP) is 2.61. The van der Waals surface area contributed by atoms with E-state index in [2.05, 4.69) is 18.7 Å². The van der Waals surface area contributed by atoms with Crippen molar-refractivity contribution >= 4 is 5.97 Å². The Kier molecular flexibility index (Phi) is 4.08. The second kappa shape index (κ2) is 5.38. The highest BCUT2D eigenvalue weighted by Crippen LogP contribution is 2.33. The third-order valence-electron chi connectivity index (χ3n) is 4.73. The van der Waals surface area contributed by atoms with Crippen LogP contribution in [-0.4, -0.2) is 35.1 Å². The zero-order valence-electron chi connectivity index (χ0n) is 11.1. The Hall–Kier alpha value is -0.570. The summed E-state index contributed by atoms with van der Waals surface area (Å²) >= 11 is 0. The Bertz CT molecular complexity index is 271. The van der Waals surface area contributed by atoms with E-state index in [1.807, 2.05) is 0 Å². The van der Waals surface area contributed by atoms with Gasteiger partial charge in [0.2, 0.25) is 0 Å². The van der Waals surface area contributed by atoms with Crippen LogP contribution in [0.25, 0.3) is 0 Å². The number of carboxylic acids is 1. The molecule has 3 nitrogen and oxygen atoms in total. The minimum atomic E-state index is -0.602. The van der Waals surface area contributed by atoms with Gasteiger partial charge in [0, 0.05) is 6.04 Å². The fraction of sp³-hybridized carbons (Fsp3) is 0.929. The molecular weight excluding hydrogens is 214 g/mol. The third-order valence-corrected chi connectivity index (χ3v) is 4.73. The molecule has 2 fully saturated rings. The predicted molar refractivity (Wildman–Crippen MR) is 67.9 cm³/mol. The van der Waals surface area contributed by atoms with Crippen molar-refractivity contribution in [2.45, 2.75) is 52.0 Å². The lowest BCUT2D eigenvalue weighted by molar-refractivity contribution is -0.143. The van der Waals surface area contributed by atoms with E-state index in [4.69, 9.17) is 5.11 Å². The zero-order valence-corrected chi connectivity index (χ0v) is 11.1. The third kappa shape index (κ3) is 3.01. The van der Waals surface area contributed by atoms with Crippen LogP contribution in [0.1, 0.15) is 46.0 Å². The summed E-state index contributed by atoms with van der Waals surface area (Å²) in [7, 11) is 0. The topological polar surface area (TPSA) is 40.5 Å². The molecule has 98 valence electrons. The molecule has 1 saturated heterocycles. The first-order valence-corrected chi connectivity index (χ1v) is 7.04. The van der Waals surface area contributed by atoms with Crippen LogP contribution in [0.5, 0.6) is 0 Å². The zero-order chi connectivity index (χ0) is 12.4. The summed E-state index contributed by atoms with van der Waals surface area (Å²) in [6, 6.07) is 0.709. The average molecular weight is 239 g/mol. The van der Waals surface area contributed by atoms with E-state index in [1.54, 1.807) is 0 Å². The number of nitrogens with zero attached hydrogens (tertiary/aromatic N) is 1. The molecule has 0 bridgehead atoms. The number of carbonyl (C=O) groups is 1. The monoisotopic (exact) mass is 239 g/mol. The van der Waals surface area contributed by atoms with Crippen molar-refractivity contribution in [3.63, 3.8) is 0 Å². The van der Waals surface area contributed by atoms with Crippen LogP contribution in [0.2, 0.25) is 0 Å². The van der Waals surface area contributed by atoms with Crippen LogP contribution in [0.3, 0.4) is 0 Å². The van der Waals surface area contributed by atoms with E-state index in [-0.39, 0.29) is 5.92 Å². The maximum atomic E-state index is 10.9. The van der Waals surface area contributed by atoms with Gasteiger partial charge in [-0.25, -0.2) is 0 Å². The van der Waals surface area contributed by atoms with Gasteiger partial charge in [-0.2, -0.15) is 0 Å². The highest BCUT2D eigenvalue weighted by Gasteiger charge is 2.33. The van der Waals surface area contributed by atoms with Crippen molar-refractivity contribution in [3.05, 3.63) is 0 Å². The first-order valence-electron chi connectivity index (χ1n) is 7.04. The van der Waals surface area contributed by atoms with Crippen LogP contribution >= 0.6 is 0 Å². The Morgan fingerprint density at radius 1 is 1.12 bits per heavy atom. The van der Waals surface area contributed by atoms with Crippen molar-refractivity contribution in [1.29, 1.82) is 0 Å². The lowest BCUT2D eigenvalue weighted by Gasteiger charge is -2.43. The first-order chi connectivity index (χ1) is 8.08. The lowest BCUT2D eigenvalue weighted by atomic mass is 9.78. The quantitative estimate of drug-likeness (QED) is 0.805. The number of hydrogen-bond donors (Lipinski definition) is 1. The van der Waals surface area contributed by atoms with Gasteiger partial charge in [-0.1, -0.05) is 13.8 Å². The summed E-state index contributed by atoms with van der Waals surface area (Å²) < 4.78 is 0. The van der Waals surface area contributed by atoms with Gasteiger partial charge in [-0.3, -0.25) is 4.79 Å². The summed E-state index contributed by atoms with van der Waals surface area (Å²) in [6.45, 7) is 6.69. The number of carboxylic acid groups (broad SMARTS) is 1. The molecule has 2 rings (SSSR count). The van der Waals surface area contributed by atoms with Crippen LogP contribution in [0, 0.1) is 17.8 Å². The largest absolute Gasteiger partial charge is 0.481 e. The highest BCUT2D eigenvalue weighted by atomic mass is 16.4. The van der Waals surface area contributed by atoms with Gasteiger partial charge in [0.1, 0.15) is 0 Å². The summed E-state index contributed by atoms with van der Waals surface area (Å²) in [5.41, 5.74) is 0. The van der Waals surface area contributed by atoms with Crippen LogP contribution in [-0.2, 0) is 4.79 Å². The SMILES string of the molecule is CC1CCC(N2CCC(C(=O)O)CC2)C(C)C1. The maximum Gasteiger partial charge on any atom is 0.306 e. The summed E-state index contributed by atoms with van der Waals surface area (Å²) in [4.78, 5) is 13.5. The van der Waals surface area contributed by atoms with Crippen LogP contribution in [0.4, 0.5) is 0 Å². The van der Waals surface area contributed by atoms with Crippen molar-refractivity contribution in [2.75, 3.05) is 13.1 Å². The molecule has 0 aromatic rings. The Labute approximate surface area is 104 Å². The molecule has 3 atom stereocenters. The molecule has 0 aromatic heterocycles. The van der Waals surface area contributed by atoms with Gasteiger partial charge >= 0.3 is 5.97 Å². The second-order valence-electron chi connectivity index (χ2n) is 6.11. The normalized spacial score (nSPS) is 36.9. The molecule has 0 aromatic carbocycles. The number of hydrogen-bond acceptors (Lipinski definition) is 2. The molecule has 0 amide bonds. The van der Waals surface area contributed by atoms with E-state index in [9.17, 15) is 4.79 Å². The standard InChI is InChI=1S/C14H25NO2/c1-10-3-4-13(11(2)9-10)15-7-5-12(6-8-15)14(16)17/h10-13H,3-9H2,1-2H3,(H,16,17). The van der Waals surface area contributed by atoms with Gasteiger partial charge in [0.25, 0.3) is 0 Å². The summed E-state index contributed by atoms with van der Waals surface area (Å²) in [5.74, 6) is 0.956. The van der Waals surface area contributed by atoms with Gasteiger partial charge < -0.3 is 10.0 Å².